The highest BCUT2D eigenvalue weighted by Gasteiger charge is 2.23. The molecule has 1 N–H and O–H groups in total. The zero-order chi connectivity index (χ0) is 16.1. The first-order valence-electron chi connectivity index (χ1n) is 7.73. The summed E-state index contributed by atoms with van der Waals surface area (Å²) >= 11 is 0. The number of amides is 2. The topological polar surface area (TPSA) is 58.6 Å². The molecule has 0 spiro atoms. The fourth-order valence-electron chi connectivity index (χ4n) is 2.74. The molecular weight excluding hydrogens is 280 g/mol. The Morgan fingerprint density at radius 3 is 2.73 bits per heavy atom. The molecule has 0 aliphatic carbocycles. The number of carbonyl (C=O) groups excluding carboxylic acids is 2. The molecule has 0 saturated carbocycles. The van der Waals surface area contributed by atoms with E-state index in [0.717, 1.165) is 29.7 Å². The molecular formula is C17H24N2O3. The van der Waals surface area contributed by atoms with Gasteiger partial charge in [-0.05, 0) is 38.3 Å². The number of rotatable bonds is 5. The van der Waals surface area contributed by atoms with Crippen molar-refractivity contribution in [1.29, 1.82) is 0 Å². The average Bonchev–Trinajstić information content (AvgIpc) is 2.98. The minimum atomic E-state index is -0.327. The van der Waals surface area contributed by atoms with E-state index in [-0.39, 0.29) is 17.9 Å². The highest BCUT2D eigenvalue weighted by Crippen LogP contribution is 2.21. The molecule has 1 aliphatic rings. The fraction of sp³-hybridized carbons (Fsp3) is 0.529. The monoisotopic (exact) mass is 304 g/mol. The van der Waals surface area contributed by atoms with Crippen LogP contribution in [0.3, 0.4) is 0 Å². The van der Waals surface area contributed by atoms with Gasteiger partial charge in [0.15, 0.2) is 0 Å². The van der Waals surface area contributed by atoms with Gasteiger partial charge >= 0.3 is 0 Å². The molecule has 120 valence electrons. The van der Waals surface area contributed by atoms with Crippen LogP contribution in [0.4, 0.5) is 5.69 Å². The van der Waals surface area contributed by atoms with Crippen LogP contribution in [-0.2, 0) is 14.3 Å². The first kappa shape index (κ1) is 16.5. The van der Waals surface area contributed by atoms with Crippen LogP contribution in [-0.4, -0.2) is 37.6 Å². The molecule has 1 aromatic carbocycles. The van der Waals surface area contributed by atoms with E-state index in [2.05, 4.69) is 11.4 Å². The van der Waals surface area contributed by atoms with E-state index < -0.39 is 0 Å². The lowest BCUT2D eigenvalue weighted by molar-refractivity contribution is -0.130. The summed E-state index contributed by atoms with van der Waals surface area (Å²) in [6.07, 6.45) is 1.38. The van der Waals surface area contributed by atoms with Gasteiger partial charge in [0.1, 0.15) is 6.10 Å². The highest BCUT2D eigenvalue weighted by molar-refractivity contribution is 5.92. The Bertz CT molecular complexity index is 551. The second kappa shape index (κ2) is 7.40. The van der Waals surface area contributed by atoms with Gasteiger partial charge in [-0.2, -0.15) is 0 Å². The van der Waals surface area contributed by atoms with Crippen molar-refractivity contribution in [2.24, 2.45) is 0 Å². The second-order valence-corrected chi connectivity index (χ2v) is 5.75. The van der Waals surface area contributed by atoms with E-state index in [1.165, 1.54) is 0 Å². The first-order chi connectivity index (χ1) is 10.5. The van der Waals surface area contributed by atoms with E-state index in [0.29, 0.717) is 19.7 Å². The van der Waals surface area contributed by atoms with Crippen molar-refractivity contribution >= 4 is 17.5 Å². The number of ether oxygens (including phenoxy) is 1. The number of hydrogen-bond acceptors (Lipinski definition) is 3. The zero-order valence-corrected chi connectivity index (χ0v) is 13.5. The van der Waals surface area contributed by atoms with Crippen LogP contribution in [0.2, 0.25) is 0 Å². The summed E-state index contributed by atoms with van der Waals surface area (Å²) in [5.41, 5.74) is 3.11. The summed E-state index contributed by atoms with van der Waals surface area (Å²) in [5, 5.41) is 2.85. The van der Waals surface area contributed by atoms with Crippen LogP contribution in [0, 0.1) is 13.8 Å². The summed E-state index contributed by atoms with van der Waals surface area (Å²) < 4.78 is 5.34. The maximum Gasteiger partial charge on any atom is 0.249 e. The van der Waals surface area contributed by atoms with Crippen molar-refractivity contribution in [3.05, 3.63) is 29.3 Å². The Kier molecular flexibility index (Phi) is 5.55. The number of nitrogens with zero attached hydrogens (tertiary/aromatic N) is 1. The maximum absolute atomic E-state index is 11.9. The Morgan fingerprint density at radius 2 is 2.14 bits per heavy atom. The Hall–Kier alpha value is -1.88. The third-order valence-corrected chi connectivity index (χ3v) is 3.88. The number of nitrogens with one attached hydrogen (secondary N) is 1. The molecule has 1 heterocycles. The predicted molar refractivity (Wildman–Crippen MR) is 85.9 cm³/mol. The lowest BCUT2D eigenvalue weighted by Crippen LogP contribution is -2.41. The quantitative estimate of drug-likeness (QED) is 0.904. The molecule has 1 atom stereocenters. The molecule has 2 rings (SSSR count). The molecule has 0 aromatic heterocycles. The predicted octanol–water partition coefficient (Wildman–Crippen LogP) is 1.95. The van der Waals surface area contributed by atoms with Gasteiger partial charge in [-0.3, -0.25) is 9.59 Å². The molecule has 5 nitrogen and oxygen atoms in total. The van der Waals surface area contributed by atoms with E-state index >= 15 is 0 Å². The summed E-state index contributed by atoms with van der Waals surface area (Å²) in [7, 11) is 0. The molecule has 22 heavy (non-hydrogen) atoms. The Morgan fingerprint density at radius 1 is 1.36 bits per heavy atom. The smallest absolute Gasteiger partial charge is 0.249 e. The van der Waals surface area contributed by atoms with Gasteiger partial charge in [-0.25, -0.2) is 0 Å². The van der Waals surface area contributed by atoms with Gasteiger partial charge in [0.2, 0.25) is 11.8 Å². The summed E-state index contributed by atoms with van der Waals surface area (Å²) in [4.78, 5) is 25.5. The lowest BCUT2D eigenvalue weighted by atomic mass is 10.1. The summed E-state index contributed by atoms with van der Waals surface area (Å²) in [6, 6.07) is 5.99. The van der Waals surface area contributed by atoms with Gasteiger partial charge in [-0.15, -0.1) is 0 Å². The number of aryl methyl sites for hydroxylation is 2. The largest absolute Gasteiger partial charge is 0.368 e. The average molecular weight is 304 g/mol. The molecule has 2 amide bonds. The van der Waals surface area contributed by atoms with Crippen LogP contribution in [0.25, 0.3) is 0 Å². The standard InChI is InChI=1S/C17H24N2O3/c1-12-6-7-15(13(2)11-12)19(14(3)20)9-8-18-17(21)16-5-4-10-22-16/h6-7,11,16H,4-5,8-10H2,1-3H3,(H,18,21). The van der Waals surface area contributed by atoms with E-state index in [9.17, 15) is 9.59 Å². The molecule has 0 radical (unpaired) electrons. The molecule has 1 aromatic rings. The maximum atomic E-state index is 11.9. The van der Waals surface area contributed by atoms with Gasteiger partial charge in [0, 0.05) is 32.3 Å². The second-order valence-electron chi connectivity index (χ2n) is 5.75. The Balaban J connectivity index is 1.94. The number of hydrogen-bond donors (Lipinski definition) is 1. The first-order valence-corrected chi connectivity index (χ1v) is 7.73. The van der Waals surface area contributed by atoms with Gasteiger partial charge in [0.25, 0.3) is 0 Å². The molecule has 1 aliphatic heterocycles. The molecule has 1 unspecified atom stereocenters. The van der Waals surface area contributed by atoms with E-state index in [4.69, 9.17) is 4.74 Å². The third kappa shape index (κ3) is 4.07. The van der Waals surface area contributed by atoms with Crippen molar-refractivity contribution in [2.45, 2.75) is 39.7 Å². The van der Waals surface area contributed by atoms with Crippen LogP contribution in [0.5, 0.6) is 0 Å². The molecule has 0 bridgehead atoms. The SMILES string of the molecule is CC(=O)N(CCNC(=O)C1CCCO1)c1ccc(C)cc1C. The normalized spacial score (nSPS) is 17.3. The van der Waals surface area contributed by atoms with E-state index in [1.807, 2.05) is 26.0 Å². The minimum absolute atomic E-state index is 0.0293. The van der Waals surface area contributed by atoms with Crippen molar-refractivity contribution in [2.75, 3.05) is 24.6 Å². The van der Waals surface area contributed by atoms with Crippen LogP contribution in [0.1, 0.15) is 30.9 Å². The number of anilines is 1. The van der Waals surface area contributed by atoms with Crippen molar-refractivity contribution < 1.29 is 14.3 Å². The molecule has 5 heteroatoms. The summed E-state index contributed by atoms with van der Waals surface area (Å²) in [5.74, 6) is -0.111. The van der Waals surface area contributed by atoms with Crippen molar-refractivity contribution in [3.63, 3.8) is 0 Å². The van der Waals surface area contributed by atoms with Crippen LogP contribution in [0.15, 0.2) is 18.2 Å². The third-order valence-electron chi connectivity index (χ3n) is 3.88. The van der Waals surface area contributed by atoms with Crippen molar-refractivity contribution in [1.82, 2.24) is 5.32 Å². The number of carbonyl (C=O) groups is 2. The minimum Gasteiger partial charge on any atom is -0.368 e. The van der Waals surface area contributed by atoms with Gasteiger partial charge < -0.3 is 15.0 Å². The fourth-order valence-corrected chi connectivity index (χ4v) is 2.74. The van der Waals surface area contributed by atoms with Crippen LogP contribution < -0.4 is 10.2 Å². The van der Waals surface area contributed by atoms with Crippen molar-refractivity contribution in [3.8, 4) is 0 Å². The van der Waals surface area contributed by atoms with Gasteiger partial charge in [-0.1, -0.05) is 17.7 Å². The van der Waals surface area contributed by atoms with E-state index in [1.54, 1.807) is 11.8 Å². The Labute approximate surface area is 131 Å². The molecule has 1 saturated heterocycles. The van der Waals surface area contributed by atoms with Crippen LogP contribution >= 0.6 is 0 Å². The molecule has 1 fully saturated rings. The zero-order valence-electron chi connectivity index (χ0n) is 13.5. The lowest BCUT2D eigenvalue weighted by Gasteiger charge is -2.24. The van der Waals surface area contributed by atoms with Gasteiger partial charge in [0.05, 0.1) is 0 Å². The number of benzene rings is 1. The summed E-state index contributed by atoms with van der Waals surface area (Å²) in [6.45, 7) is 7.09. The highest BCUT2D eigenvalue weighted by atomic mass is 16.5.